The van der Waals surface area contributed by atoms with Gasteiger partial charge in [-0.05, 0) is 56.3 Å². The van der Waals surface area contributed by atoms with Crippen LogP contribution in [0.5, 0.6) is 0 Å². The predicted molar refractivity (Wildman–Crippen MR) is 109 cm³/mol. The molecule has 0 radical (unpaired) electrons. The quantitative estimate of drug-likeness (QED) is 0.233. The molecular formula is C22H37ClO4. The maximum atomic E-state index is 10.5. The summed E-state index contributed by atoms with van der Waals surface area (Å²) in [6.07, 6.45) is 14.2. The van der Waals surface area contributed by atoms with Gasteiger partial charge < -0.3 is 15.3 Å². The van der Waals surface area contributed by atoms with E-state index in [-0.39, 0.29) is 35.2 Å². The summed E-state index contributed by atoms with van der Waals surface area (Å²) in [5.41, 5.74) is 0.151. The first-order chi connectivity index (χ1) is 12.9. The number of aliphatic hydroxyl groups is 2. The molecule has 0 bridgehead atoms. The zero-order valence-electron chi connectivity index (χ0n) is 16.7. The number of hydrogen-bond acceptors (Lipinski definition) is 3. The third-order valence-electron chi connectivity index (χ3n) is 6.61. The summed E-state index contributed by atoms with van der Waals surface area (Å²) in [5.74, 6) is -0.394. The van der Waals surface area contributed by atoms with Crippen LogP contribution in [0.3, 0.4) is 0 Å². The van der Waals surface area contributed by atoms with Gasteiger partial charge in [0, 0.05) is 17.7 Å². The van der Waals surface area contributed by atoms with E-state index in [2.05, 4.69) is 19.1 Å². The van der Waals surface area contributed by atoms with E-state index in [1.807, 2.05) is 0 Å². The van der Waals surface area contributed by atoms with Crippen molar-refractivity contribution in [1.82, 2.24) is 0 Å². The summed E-state index contributed by atoms with van der Waals surface area (Å²) in [7, 11) is 0. The Bertz CT molecular complexity index is 489. The highest BCUT2D eigenvalue weighted by atomic mass is 35.5. The molecule has 0 amide bonds. The number of alkyl halides is 1. The molecule has 3 N–H and O–H groups in total. The van der Waals surface area contributed by atoms with Crippen LogP contribution in [-0.2, 0) is 4.79 Å². The maximum Gasteiger partial charge on any atom is 0.303 e. The molecule has 5 heteroatoms. The Labute approximate surface area is 169 Å². The first-order valence-corrected chi connectivity index (χ1v) is 11.2. The minimum atomic E-state index is -0.728. The van der Waals surface area contributed by atoms with E-state index in [0.29, 0.717) is 12.8 Å². The normalized spacial score (nSPS) is 30.7. The predicted octanol–water partition coefficient (Wildman–Crippen LogP) is 4.90. The Balaban J connectivity index is 1.76. The van der Waals surface area contributed by atoms with Crippen molar-refractivity contribution in [2.24, 2.45) is 17.3 Å². The van der Waals surface area contributed by atoms with Crippen LogP contribution in [0.2, 0.25) is 0 Å². The van der Waals surface area contributed by atoms with Crippen molar-refractivity contribution in [1.29, 1.82) is 0 Å². The molecule has 27 heavy (non-hydrogen) atoms. The molecule has 0 aromatic heterocycles. The standard InChI is InChI=1S/C22H37ClO4/c1-2-12-22(13-14-22)20(25)10-7-9-17-16(18(23)15-19(17)24)8-5-3-4-6-11-21(26)27/h7,9,16-20,24-25H,2-6,8,10-15H2,1H3,(H,26,27)/b9-7+/t16-,17-,18-,19-,20?/m1/s1. The summed E-state index contributed by atoms with van der Waals surface area (Å²) in [4.78, 5) is 10.5. The van der Waals surface area contributed by atoms with E-state index in [0.717, 1.165) is 57.8 Å². The van der Waals surface area contributed by atoms with Gasteiger partial charge in [0.15, 0.2) is 0 Å². The van der Waals surface area contributed by atoms with Crippen LogP contribution in [0, 0.1) is 17.3 Å². The third-order valence-corrected chi connectivity index (χ3v) is 7.11. The largest absolute Gasteiger partial charge is 0.481 e. The fourth-order valence-corrected chi connectivity index (χ4v) is 5.24. The van der Waals surface area contributed by atoms with Gasteiger partial charge in [0.05, 0.1) is 12.2 Å². The van der Waals surface area contributed by atoms with Crippen LogP contribution in [0.1, 0.15) is 84.0 Å². The zero-order valence-corrected chi connectivity index (χ0v) is 17.4. The van der Waals surface area contributed by atoms with E-state index in [4.69, 9.17) is 16.7 Å². The van der Waals surface area contributed by atoms with Crippen LogP contribution >= 0.6 is 11.6 Å². The molecule has 2 aliphatic carbocycles. The molecule has 0 spiro atoms. The molecular weight excluding hydrogens is 364 g/mol. The summed E-state index contributed by atoms with van der Waals surface area (Å²) in [6.45, 7) is 2.17. The van der Waals surface area contributed by atoms with Gasteiger partial charge in [-0.3, -0.25) is 4.79 Å². The van der Waals surface area contributed by atoms with Crippen LogP contribution in [0.4, 0.5) is 0 Å². The Morgan fingerprint density at radius 2 is 1.96 bits per heavy atom. The van der Waals surface area contributed by atoms with Crippen molar-refractivity contribution in [3.05, 3.63) is 12.2 Å². The summed E-state index contributed by atoms with van der Waals surface area (Å²) in [6, 6.07) is 0. The zero-order chi connectivity index (χ0) is 19.9. The van der Waals surface area contributed by atoms with Crippen molar-refractivity contribution in [3.63, 3.8) is 0 Å². The van der Waals surface area contributed by atoms with Gasteiger partial charge in [0.25, 0.3) is 0 Å². The summed E-state index contributed by atoms with van der Waals surface area (Å²) in [5, 5.41) is 29.6. The number of unbranched alkanes of at least 4 members (excludes halogenated alkanes) is 3. The molecule has 4 nitrogen and oxygen atoms in total. The topological polar surface area (TPSA) is 77.8 Å². The number of hydrogen-bond donors (Lipinski definition) is 3. The number of aliphatic carboxylic acids is 1. The molecule has 0 aliphatic heterocycles. The van der Waals surface area contributed by atoms with Gasteiger partial charge in [-0.15, -0.1) is 11.6 Å². The Morgan fingerprint density at radius 1 is 1.26 bits per heavy atom. The van der Waals surface area contributed by atoms with Gasteiger partial charge in [-0.1, -0.05) is 44.8 Å². The minimum Gasteiger partial charge on any atom is -0.481 e. The van der Waals surface area contributed by atoms with Crippen molar-refractivity contribution in [3.8, 4) is 0 Å². The molecule has 1 unspecified atom stereocenters. The van der Waals surface area contributed by atoms with Crippen LogP contribution in [0.15, 0.2) is 12.2 Å². The van der Waals surface area contributed by atoms with Gasteiger partial charge in [-0.2, -0.15) is 0 Å². The average molecular weight is 401 g/mol. The van der Waals surface area contributed by atoms with Crippen molar-refractivity contribution < 1.29 is 20.1 Å². The summed E-state index contributed by atoms with van der Waals surface area (Å²) < 4.78 is 0. The second-order valence-electron chi connectivity index (χ2n) is 8.70. The first kappa shape index (κ1) is 22.7. The minimum absolute atomic E-state index is 0.00606. The van der Waals surface area contributed by atoms with Gasteiger partial charge in [0.1, 0.15) is 0 Å². The van der Waals surface area contributed by atoms with Crippen molar-refractivity contribution in [2.75, 3.05) is 0 Å². The second kappa shape index (κ2) is 10.8. The number of aliphatic hydroxyl groups excluding tert-OH is 2. The number of rotatable bonds is 13. The van der Waals surface area contributed by atoms with E-state index < -0.39 is 12.1 Å². The lowest BCUT2D eigenvalue weighted by atomic mass is 9.87. The lowest BCUT2D eigenvalue weighted by Gasteiger charge is -2.22. The molecule has 0 aromatic carbocycles. The molecule has 0 saturated heterocycles. The molecule has 2 rings (SSSR count). The highest BCUT2D eigenvalue weighted by Gasteiger charge is 2.47. The van der Waals surface area contributed by atoms with E-state index in [1.165, 1.54) is 0 Å². The average Bonchev–Trinajstić information content (AvgIpc) is 3.34. The molecule has 2 saturated carbocycles. The van der Waals surface area contributed by atoms with Crippen molar-refractivity contribution in [2.45, 2.75) is 102 Å². The third kappa shape index (κ3) is 6.76. The number of halogens is 1. The monoisotopic (exact) mass is 400 g/mol. The van der Waals surface area contributed by atoms with Gasteiger partial charge in [0.2, 0.25) is 0 Å². The van der Waals surface area contributed by atoms with Crippen LogP contribution in [-0.4, -0.2) is 38.9 Å². The fraction of sp³-hybridized carbons (Fsp3) is 0.864. The highest BCUT2D eigenvalue weighted by molar-refractivity contribution is 6.21. The van der Waals surface area contributed by atoms with Gasteiger partial charge >= 0.3 is 5.97 Å². The number of carboxylic acids is 1. The second-order valence-corrected chi connectivity index (χ2v) is 9.26. The van der Waals surface area contributed by atoms with E-state index >= 15 is 0 Å². The lowest BCUT2D eigenvalue weighted by Crippen LogP contribution is -2.22. The lowest BCUT2D eigenvalue weighted by molar-refractivity contribution is -0.137. The first-order valence-electron chi connectivity index (χ1n) is 10.8. The van der Waals surface area contributed by atoms with Crippen molar-refractivity contribution >= 4 is 17.6 Å². The number of carbonyl (C=O) groups is 1. The highest BCUT2D eigenvalue weighted by Crippen LogP contribution is 2.53. The Hall–Kier alpha value is -0.580. The van der Waals surface area contributed by atoms with Crippen LogP contribution in [0.25, 0.3) is 0 Å². The Morgan fingerprint density at radius 3 is 2.59 bits per heavy atom. The molecule has 0 heterocycles. The van der Waals surface area contributed by atoms with Crippen LogP contribution < -0.4 is 0 Å². The Kier molecular flexibility index (Phi) is 9.10. The summed E-state index contributed by atoms with van der Waals surface area (Å²) >= 11 is 6.49. The molecule has 2 aliphatic rings. The molecule has 2 fully saturated rings. The SMILES string of the molecule is CCCC1(C(O)C/C=C/[C@@H]2[C@@H](CCCCCCC(=O)O)[C@H](Cl)C[C@H]2O)CC1. The molecule has 5 atom stereocenters. The molecule has 156 valence electrons. The fourth-order valence-electron chi connectivity index (χ4n) is 4.77. The van der Waals surface area contributed by atoms with E-state index in [1.54, 1.807) is 0 Å². The van der Waals surface area contributed by atoms with E-state index in [9.17, 15) is 15.0 Å². The smallest absolute Gasteiger partial charge is 0.303 e. The maximum absolute atomic E-state index is 10.5. The number of carboxylic acid groups (broad SMARTS) is 1. The van der Waals surface area contributed by atoms with Gasteiger partial charge in [-0.25, -0.2) is 0 Å². The molecule has 0 aromatic rings.